The van der Waals surface area contributed by atoms with Gasteiger partial charge in [-0.3, -0.25) is 18.6 Å². The second-order valence-corrected chi connectivity index (χ2v) is 19.9. The smallest absolute Gasteiger partial charge is 0.462 e. The number of esters is 2. The van der Waals surface area contributed by atoms with E-state index in [1.165, 1.54) is 218 Å². The Kier molecular flexibility index (Phi) is 49.2. The van der Waals surface area contributed by atoms with Crippen LogP contribution in [0.1, 0.15) is 284 Å². The Hall–Kier alpha value is -1.25. The SMILES string of the molecule is CCCCCCCCCCCCCCCCCCCC/C=C/CCCC(=O)OC[C@H](COP(=O)(O)OCCN)OC(=O)CCCCCCCCCCCCCCCCCCCCC. The van der Waals surface area contributed by atoms with Gasteiger partial charge < -0.3 is 20.1 Å². The number of hydrogen-bond acceptors (Lipinski definition) is 8. The average Bonchev–Trinajstić information content (AvgIpc) is 3.27. The molecule has 0 radical (unpaired) electrons. The minimum Gasteiger partial charge on any atom is -0.462 e. The summed E-state index contributed by atoms with van der Waals surface area (Å²) < 4.78 is 32.9. The third-order valence-corrected chi connectivity index (χ3v) is 13.1. The summed E-state index contributed by atoms with van der Waals surface area (Å²) in [4.78, 5) is 35.1. The lowest BCUT2D eigenvalue weighted by Gasteiger charge is -2.19. The van der Waals surface area contributed by atoms with Gasteiger partial charge in [0, 0.05) is 19.4 Å². The van der Waals surface area contributed by atoms with Crippen molar-refractivity contribution in [2.45, 2.75) is 290 Å². The lowest BCUT2D eigenvalue weighted by molar-refractivity contribution is -0.161. The molecule has 63 heavy (non-hydrogen) atoms. The highest BCUT2D eigenvalue weighted by molar-refractivity contribution is 7.47. The Labute approximate surface area is 389 Å². The number of carbonyl (C=O) groups excluding carboxylic acids is 2. The monoisotopic (exact) mass is 914 g/mol. The van der Waals surface area contributed by atoms with Gasteiger partial charge in [-0.15, -0.1) is 0 Å². The topological polar surface area (TPSA) is 134 Å². The number of nitrogens with two attached hydrogens (primary N) is 1. The summed E-state index contributed by atoms with van der Waals surface area (Å²) in [5, 5.41) is 0. The lowest BCUT2D eigenvalue weighted by Crippen LogP contribution is -2.29. The molecule has 3 N–H and O–H groups in total. The zero-order valence-electron chi connectivity index (χ0n) is 41.6. The second kappa shape index (κ2) is 50.2. The fraction of sp³-hybridized carbons (Fsp3) is 0.925. The number of allylic oxidation sites excluding steroid dienone is 2. The molecule has 0 aromatic heterocycles. The zero-order valence-corrected chi connectivity index (χ0v) is 42.5. The van der Waals surface area contributed by atoms with Gasteiger partial charge in [0.25, 0.3) is 0 Å². The van der Waals surface area contributed by atoms with Crippen LogP contribution < -0.4 is 5.73 Å². The van der Waals surface area contributed by atoms with Crippen LogP contribution >= 0.6 is 7.82 Å². The van der Waals surface area contributed by atoms with Crippen molar-refractivity contribution in [1.82, 2.24) is 0 Å². The van der Waals surface area contributed by atoms with Crippen molar-refractivity contribution >= 4 is 19.8 Å². The van der Waals surface area contributed by atoms with Gasteiger partial charge in [-0.1, -0.05) is 251 Å². The third kappa shape index (κ3) is 50.0. The van der Waals surface area contributed by atoms with Crippen LogP contribution in [0.2, 0.25) is 0 Å². The van der Waals surface area contributed by atoms with E-state index in [2.05, 4.69) is 26.0 Å². The van der Waals surface area contributed by atoms with Crippen molar-refractivity contribution in [3.05, 3.63) is 12.2 Å². The van der Waals surface area contributed by atoms with Crippen LogP contribution in [0, 0.1) is 0 Å². The first-order valence-corrected chi connectivity index (χ1v) is 28.7. The molecule has 0 spiro atoms. The van der Waals surface area contributed by atoms with E-state index in [9.17, 15) is 19.0 Å². The Bertz CT molecular complexity index is 1040. The number of rotatable bonds is 52. The van der Waals surface area contributed by atoms with Crippen LogP contribution in [0.25, 0.3) is 0 Å². The molecule has 0 aliphatic heterocycles. The highest BCUT2D eigenvalue weighted by Gasteiger charge is 2.26. The van der Waals surface area contributed by atoms with Gasteiger partial charge in [0.1, 0.15) is 6.61 Å². The molecule has 1 unspecified atom stereocenters. The van der Waals surface area contributed by atoms with E-state index in [1.807, 2.05) is 0 Å². The van der Waals surface area contributed by atoms with Gasteiger partial charge in [-0.2, -0.15) is 0 Å². The van der Waals surface area contributed by atoms with E-state index in [0.717, 1.165) is 25.7 Å². The van der Waals surface area contributed by atoms with Gasteiger partial charge in [0.2, 0.25) is 0 Å². The summed E-state index contributed by atoms with van der Waals surface area (Å²) >= 11 is 0. The molecule has 374 valence electrons. The molecule has 0 aliphatic carbocycles. The normalized spacial score (nSPS) is 13.1. The first-order chi connectivity index (χ1) is 30.8. The van der Waals surface area contributed by atoms with Crippen molar-refractivity contribution in [2.75, 3.05) is 26.4 Å². The van der Waals surface area contributed by atoms with Gasteiger partial charge in [-0.05, 0) is 32.1 Å². The van der Waals surface area contributed by atoms with Crippen LogP contribution in [0.15, 0.2) is 12.2 Å². The predicted molar refractivity (Wildman–Crippen MR) is 266 cm³/mol. The van der Waals surface area contributed by atoms with Crippen LogP contribution in [-0.4, -0.2) is 49.3 Å². The highest BCUT2D eigenvalue weighted by atomic mass is 31.2. The number of phosphoric ester groups is 1. The number of unbranched alkanes of at least 4 members (excludes halogenated alkanes) is 37. The van der Waals surface area contributed by atoms with E-state index < -0.39 is 32.5 Å². The maximum Gasteiger partial charge on any atom is 0.472 e. The van der Waals surface area contributed by atoms with Crippen molar-refractivity contribution in [3.8, 4) is 0 Å². The number of phosphoric acid groups is 1. The molecular formula is C53H104NO8P. The van der Waals surface area contributed by atoms with Crippen molar-refractivity contribution in [2.24, 2.45) is 5.73 Å². The van der Waals surface area contributed by atoms with Crippen LogP contribution in [0.4, 0.5) is 0 Å². The Balaban J connectivity index is 3.99. The van der Waals surface area contributed by atoms with Crippen LogP contribution in [0.3, 0.4) is 0 Å². The van der Waals surface area contributed by atoms with Crippen molar-refractivity contribution < 1.29 is 37.6 Å². The molecule has 0 saturated heterocycles. The van der Waals surface area contributed by atoms with E-state index in [1.54, 1.807) is 0 Å². The van der Waals surface area contributed by atoms with Crippen LogP contribution in [-0.2, 0) is 32.7 Å². The maximum atomic E-state index is 12.7. The molecule has 0 fully saturated rings. The first-order valence-electron chi connectivity index (χ1n) is 27.2. The molecule has 0 amide bonds. The molecule has 0 aromatic rings. The quantitative estimate of drug-likeness (QED) is 0.0265. The molecule has 9 nitrogen and oxygen atoms in total. The minimum absolute atomic E-state index is 0.0537. The summed E-state index contributed by atoms with van der Waals surface area (Å²) in [5.74, 6) is -0.847. The summed E-state index contributed by atoms with van der Waals surface area (Å²) in [6.07, 6.45) is 55.5. The largest absolute Gasteiger partial charge is 0.472 e. The Morgan fingerprint density at radius 2 is 0.794 bits per heavy atom. The fourth-order valence-corrected chi connectivity index (χ4v) is 8.88. The van der Waals surface area contributed by atoms with E-state index >= 15 is 0 Å². The average molecular weight is 914 g/mol. The molecule has 0 saturated carbocycles. The van der Waals surface area contributed by atoms with Gasteiger partial charge in [-0.25, -0.2) is 4.57 Å². The van der Waals surface area contributed by atoms with E-state index in [-0.39, 0.29) is 32.6 Å². The Morgan fingerprint density at radius 3 is 1.17 bits per heavy atom. The fourth-order valence-electron chi connectivity index (χ4n) is 8.11. The predicted octanol–water partition coefficient (Wildman–Crippen LogP) is 16.5. The summed E-state index contributed by atoms with van der Waals surface area (Å²) in [6.45, 7) is 3.77. The van der Waals surface area contributed by atoms with Gasteiger partial charge in [0.15, 0.2) is 6.10 Å². The van der Waals surface area contributed by atoms with Crippen molar-refractivity contribution in [1.29, 1.82) is 0 Å². The summed E-state index contributed by atoms with van der Waals surface area (Å²) in [6, 6.07) is 0. The van der Waals surface area contributed by atoms with Gasteiger partial charge >= 0.3 is 19.8 Å². The zero-order chi connectivity index (χ0) is 46.0. The number of carbonyl (C=O) groups is 2. The minimum atomic E-state index is -4.38. The summed E-state index contributed by atoms with van der Waals surface area (Å²) in [7, 11) is -4.38. The van der Waals surface area contributed by atoms with Crippen molar-refractivity contribution in [3.63, 3.8) is 0 Å². The van der Waals surface area contributed by atoms with Gasteiger partial charge in [0.05, 0.1) is 13.2 Å². The molecule has 0 rings (SSSR count). The first kappa shape index (κ1) is 61.8. The maximum absolute atomic E-state index is 12.7. The molecule has 0 bridgehead atoms. The standard InChI is InChI=1S/C53H104NO8P/c1-3-5-7-9-11-13-15-17-19-21-23-24-25-26-28-29-31-33-35-37-39-41-43-45-52(55)59-49-51(50-61-63(57,58)60-48-47-54)62-53(56)46-44-42-40-38-36-34-32-30-27-22-20-18-16-14-12-10-8-6-4-2/h37,39,51H,3-36,38,40-50,54H2,1-2H3,(H,57,58)/b39-37+/t51-/m1/s1. The van der Waals surface area contributed by atoms with E-state index in [0.29, 0.717) is 12.8 Å². The Morgan fingerprint density at radius 1 is 0.460 bits per heavy atom. The lowest BCUT2D eigenvalue weighted by atomic mass is 10.0. The molecule has 0 aliphatic rings. The third-order valence-electron chi connectivity index (χ3n) is 12.2. The second-order valence-electron chi connectivity index (χ2n) is 18.5. The number of hydrogen-bond donors (Lipinski definition) is 2. The number of ether oxygens (including phenoxy) is 2. The molecule has 10 heteroatoms. The highest BCUT2D eigenvalue weighted by Crippen LogP contribution is 2.43. The summed E-state index contributed by atoms with van der Waals surface area (Å²) in [5.41, 5.74) is 5.37. The molecule has 0 aromatic carbocycles. The molecule has 0 heterocycles. The molecular weight excluding hydrogens is 810 g/mol. The van der Waals surface area contributed by atoms with E-state index in [4.69, 9.17) is 24.3 Å². The molecule has 2 atom stereocenters. The van der Waals surface area contributed by atoms with Crippen LogP contribution in [0.5, 0.6) is 0 Å².